The molecule has 1 aromatic heterocycles. The molecular weight excluding hydrogens is 272 g/mol. The van der Waals surface area contributed by atoms with Gasteiger partial charge in [0.15, 0.2) is 0 Å². The van der Waals surface area contributed by atoms with Crippen molar-refractivity contribution in [3.05, 3.63) is 21.9 Å². The summed E-state index contributed by atoms with van der Waals surface area (Å²) in [5.74, 6) is 0.235. The smallest absolute Gasteiger partial charge is 0.241 e. The van der Waals surface area contributed by atoms with Crippen molar-refractivity contribution in [2.75, 3.05) is 13.2 Å². The minimum Gasteiger partial charge on any atom is -0.379 e. The summed E-state index contributed by atoms with van der Waals surface area (Å²) in [6, 6.07) is 4.43. The van der Waals surface area contributed by atoms with Crippen LogP contribution in [0.5, 0.6) is 0 Å². The zero-order valence-electron chi connectivity index (χ0n) is 12.1. The Morgan fingerprint density at radius 1 is 1.50 bits per heavy atom. The number of rotatable bonds is 3. The maximum absolute atomic E-state index is 12.6. The second kappa shape index (κ2) is 5.84. The van der Waals surface area contributed by atoms with Gasteiger partial charge in [-0.25, -0.2) is 0 Å². The highest BCUT2D eigenvalue weighted by molar-refractivity contribution is 7.12. The number of ether oxygens (including phenoxy) is 1. The van der Waals surface area contributed by atoms with Gasteiger partial charge in [-0.1, -0.05) is 6.92 Å². The van der Waals surface area contributed by atoms with Crippen LogP contribution in [0.1, 0.15) is 42.1 Å². The molecule has 2 aliphatic heterocycles. The fourth-order valence-corrected chi connectivity index (χ4v) is 4.03. The Kier molecular flexibility index (Phi) is 4.10. The lowest BCUT2D eigenvalue weighted by molar-refractivity contribution is -0.135. The fourth-order valence-electron chi connectivity index (χ4n) is 3.10. The first-order valence-corrected chi connectivity index (χ1v) is 8.24. The first kappa shape index (κ1) is 14.0. The first-order valence-electron chi connectivity index (χ1n) is 7.43. The maximum Gasteiger partial charge on any atom is 0.241 e. The summed E-state index contributed by atoms with van der Waals surface area (Å²) in [6.45, 7) is 5.67. The van der Waals surface area contributed by atoms with Crippen molar-refractivity contribution in [3.63, 3.8) is 0 Å². The largest absolute Gasteiger partial charge is 0.379 e. The van der Waals surface area contributed by atoms with Gasteiger partial charge in [-0.05, 0) is 38.3 Å². The summed E-state index contributed by atoms with van der Waals surface area (Å²) in [7, 11) is 0. The quantitative estimate of drug-likeness (QED) is 0.931. The molecule has 0 aromatic carbocycles. The highest BCUT2D eigenvalue weighted by atomic mass is 32.1. The van der Waals surface area contributed by atoms with Gasteiger partial charge in [0.2, 0.25) is 5.91 Å². The molecule has 3 atom stereocenters. The fraction of sp³-hybridized carbons (Fsp3) is 0.667. The highest BCUT2D eigenvalue weighted by Crippen LogP contribution is 2.34. The van der Waals surface area contributed by atoms with Crippen LogP contribution in [0.4, 0.5) is 0 Å². The van der Waals surface area contributed by atoms with Crippen molar-refractivity contribution in [1.29, 1.82) is 0 Å². The van der Waals surface area contributed by atoms with Crippen LogP contribution in [-0.4, -0.2) is 36.1 Å². The molecule has 1 amide bonds. The molecule has 0 spiro atoms. The lowest BCUT2D eigenvalue weighted by atomic mass is 10.1. The Bertz CT molecular complexity index is 482. The molecule has 2 saturated heterocycles. The Morgan fingerprint density at radius 2 is 2.35 bits per heavy atom. The van der Waals surface area contributed by atoms with Crippen LogP contribution < -0.4 is 5.32 Å². The van der Waals surface area contributed by atoms with Crippen LogP contribution in [0.25, 0.3) is 0 Å². The van der Waals surface area contributed by atoms with Gasteiger partial charge in [0.1, 0.15) is 6.17 Å². The number of carbonyl (C=O) groups is 1. The average molecular weight is 294 g/mol. The van der Waals surface area contributed by atoms with Crippen molar-refractivity contribution < 1.29 is 9.53 Å². The average Bonchev–Trinajstić information content (AvgIpc) is 3.03. The van der Waals surface area contributed by atoms with E-state index in [9.17, 15) is 4.79 Å². The van der Waals surface area contributed by atoms with E-state index in [2.05, 4.69) is 31.3 Å². The Morgan fingerprint density at radius 3 is 2.95 bits per heavy atom. The molecule has 5 heteroatoms. The Labute approximate surface area is 124 Å². The summed E-state index contributed by atoms with van der Waals surface area (Å²) in [5, 5.41) is 3.50. The van der Waals surface area contributed by atoms with Crippen molar-refractivity contribution >= 4 is 17.2 Å². The third kappa shape index (κ3) is 2.50. The zero-order valence-corrected chi connectivity index (χ0v) is 12.9. The Balaban J connectivity index is 1.87. The molecule has 2 aliphatic rings. The zero-order chi connectivity index (χ0) is 14.1. The van der Waals surface area contributed by atoms with E-state index in [0.29, 0.717) is 6.61 Å². The van der Waals surface area contributed by atoms with Crippen LogP contribution in [-0.2, 0) is 9.53 Å². The third-order valence-electron chi connectivity index (χ3n) is 4.16. The lowest BCUT2D eigenvalue weighted by Gasteiger charge is -2.34. The maximum atomic E-state index is 12.6. The van der Waals surface area contributed by atoms with Crippen LogP contribution in [0.15, 0.2) is 12.1 Å². The summed E-state index contributed by atoms with van der Waals surface area (Å²) in [4.78, 5) is 17.2. The van der Waals surface area contributed by atoms with Gasteiger partial charge in [-0.2, -0.15) is 0 Å². The summed E-state index contributed by atoms with van der Waals surface area (Å²) < 4.78 is 5.58. The first-order chi connectivity index (χ1) is 9.70. The molecule has 0 aliphatic carbocycles. The number of nitrogens with zero attached hydrogens (tertiary/aromatic N) is 1. The lowest BCUT2D eigenvalue weighted by Crippen LogP contribution is -2.44. The number of nitrogens with one attached hydrogen (secondary N) is 1. The van der Waals surface area contributed by atoms with Gasteiger partial charge in [0, 0.05) is 16.4 Å². The number of carbonyl (C=O) groups excluding carboxylic acids is 1. The molecule has 0 saturated carbocycles. The topological polar surface area (TPSA) is 41.6 Å². The molecular formula is C15H22N2O2S. The summed E-state index contributed by atoms with van der Waals surface area (Å²) >= 11 is 1.77. The van der Waals surface area contributed by atoms with Gasteiger partial charge in [-0.3, -0.25) is 10.1 Å². The molecule has 2 fully saturated rings. The molecule has 110 valence electrons. The van der Waals surface area contributed by atoms with Crippen molar-refractivity contribution in [2.24, 2.45) is 0 Å². The normalized spacial score (nSPS) is 31.0. The minimum absolute atomic E-state index is 0.0258. The van der Waals surface area contributed by atoms with Crippen LogP contribution in [0.2, 0.25) is 0 Å². The molecule has 4 nitrogen and oxygen atoms in total. The molecule has 3 unspecified atom stereocenters. The van der Waals surface area contributed by atoms with Crippen LogP contribution >= 0.6 is 11.3 Å². The monoisotopic (exact) mass is 294 g/mol. The summed E-state index contributed by atoms with van der Waals surface area (Å²) in [6.07, 6.45) is 2.95. The van der Waals surface area contributed by atoms with E-state index in [1.165, 1.54) is 9.75 Å². The van der Waals surface area contributed by atoms with Gasteiger partial charge in [0.25, 0.3) is 0 Å². The van der Waals surface area contributed by atoms with Gasteiger partial charge < -0.3 is 9.64 Å². The second-order valence-electron chi connectivity index (χ2n) is 5.59. The van der Waals surface area contributed by atoms with Crippen LogP contribution in [0, 0.1) is 6.92 Å². The van der Waals surface area contributed by atoms with E-state index in [0.717, 1.165) is 25.9 Å². The van der Waals surface area contributed by atoms with E-state index in [1.54, 1.807) is 11.3 Å². The van der Waals surface area contributed by atoms with Crippen molar-refractivity contribution in [2.45, 2.75) is 51.4 Å². The predicted molar refractivity (Wildman–Crippen MR) is 79.7 cm³/mol. The van der Waals surface area contributed by atoms with Crippen molar-refractivity contribution in [1.82, 2.24) is 10.2 Å². The van der Waals surface area contributed by atoms with Gasteiger partial charge in [0.05, 0.1) is 18.7 Å². The van der Waals surface area contributed by atoms with Crippen LogP contribution in [0.3, 0.4) is 0 Å². The summed E-state index contributed by atoms with van der Waals surface area (Å²) in [5.41, 5.74) is 0. The predicted octanol–water partition coefficient (Wildman–Crippen LogP) is 2.44. The third-order valence-corrected chi connectivity index (χ3v) is 5.21. The Hall–Kier alpha value is -0.910. The van der Waals surface area contributed by atoms with E-state index < -0.39 is 0 Å². The van der Waals surface area contributed by atoms with Crippen molar-refractivity contribution in [3.8, 4) is 0 Å². The van der Waals surface area contributed by atoms with E-state index >= 15 is 0 Å². The second-order valence-corrected chi connectivity index (χ2v) is 6.91. The molecule has 1 N–H and O–H groups in total. The van der Waals surface area contributed by atoms with Gasteiger partial charge in [-0.15, -0.1) is 11.3 Å². The number of hydrogen-bond donors (Lipinski definition) is 1. The molecule has 0 bridgehead atoms. The van der Waals surface area contributed by atoms with E-state index in [1.807, 2.05) is 4.90 Å². The molecule has 1 aromatic rings. The standard InChI is InChI=1S/C15H22N2O2S/c1-3-12-15(18)17(11-5-4-8-19-9-11)14(16-12)13-7-6-10(2)20-13/h6-7,11-12,14,16H,3-5,8-9H2,1-2H3. The number of thiophene rings is 1. The molecule has 3 rings (SSSR count). The molecule has 20 heavy (non-hydrogen) atoms. The van der Waals surface area contributed by atoms with E-state index in [-0.39, 0.29) is 24.2 Å². The van der Waals surface area contributed by atoms with E-state index in [4.69, 9.17) is 4.74 Å². The number of hydrogen-bond acceptors (Lipinski definition) is 4. The number of aryl methyl sites for hydroxylation is 1. The molecule has 0 radical (unpaired) electrons. The highest BCUT2D eigenvalue weighted by Gasteiger charge is 2.43. The minimum atomic E-state index is -0.0515. The SMILES string of the molecule is CCC1NC(c2ccc(C)s2)N(C2CCCOC2)C1=O. The van der Waals surface area contributed by atoms with Gasteiger partial charge >= 0.3 is 0 Å². The number of amides is 1. The molecule has 3 heterocycles.